The summed E-state index contributed by atoms with van der Waals surface area (Å²) in [4.78, 5) is 0. The van der Waals surface area contributed by atoms with Crippen LogP contribution in [0.25, 0.3) is 0 Å². The standard InChI is InChI=1S/C11H20O/c1-5-6-7-8-10(4)11(12)9(2)3/h5-12H,1-4H3/b6-5-,8-7+/t10-,11+/m1/s1. The van der Waals surface area contributed by atoms with Crippen LogP contribution in [-0.2, 0) is 0 Å². The summed E-state index contributed by atoms with van der Waals surface area (Å²) in [6, 6.07) is 0. The number of hydrogen-bond acceptors (Lipinski definition) is 1. The molecule has 0 rings (SSSR count). The average Bonchev–Trinajstić information content (AvgIpc) is 2.03. The summed E-state index contributed by atoms with van der Waals surface area (Å²) in [5, 5.41) is 9.62. The van der Waals surface area contributed by atoms with Crippen LogP contribution in [0, 0.1) is 11.8 Å². The number of allylic oxidation sites excluding steroid dienone is 3. The highest BCUT2D eigenvalue weighted by Gasteiger charge is 2.14. The minimum absolute atomic E-state index is 0.230. The Kier molecular flexibility index (Phi) is 5.73. The van der Waals surface area contributed by atoms with Gasteiger partial charge in [0.1, 0.15) is 0 Å². The highest BCUT2D eigenvalue weighted by molar-refractivity contribution is 5.03. The molecule has 0 heterocycles. The first kappa shape index (κ1) is 11.4. The zero-order valence-corrected chi connectivity index (χ0v) is 8.49. The minimum atomic E-state index is -0.230. The second-order valence-electron chi connectivity index (χ2n) is 3.50. The van der Waals surface area contributed by atoms with Crippen LogP contribution in [0.5, 0.6) is 0 Å². The molecule has 0 bridgehead atoms. The van der Waals surface area contributed by atoms with E-state index in [0.717, 1.165) is 0 Å². The Morgan fingerprint density at radius 3 is 2.08 bits per heavy atom. The lowest BCUT2D eigenvalue weighted by atomic mass is 9.94. The molecular formula is C11H20O. The summed E-state index contributed by atoms with van der Waals surface area (Å²) in [7, 11) is 0. The Hall–Kier alpha value is -0.560. The Bertz CT molecular complexity index is 156. The number of aliphatic hydroxyl groups excluding tert-OH is 1. The van der Waals surface area contributed by atoms with Crippen molar-refractivity contribution >= 4 is 0 Å². The molecule has 1 heteroatoms. The van der Waals surface area contributed by atoms with Gasteiger partial charge in [-0.15, -0.1) is 0 Å². The second-order valence-corrected chi connectivity index (χ2v) is 3.50. The number of hydrogen-bond donors (Lipinski definition) is 1. The van der Waals surface area contributed by atoms with E-state index >= 15 is 0 Å². The molecule has 0 aliphatic carbocycles. The van der Waals surface area contributed by atoms with E-state index in [1.807, 2.05) is 52.0 Å². The fraction of sp³-hybridized carbons (Fsp3) is 0.636. The summed E-state index contributed by atoms with van der Waals surface area (Å²) < 4.78 is 0. The van der Waals surface area contributed by atoms with Gasteiger partial charge in [-0.2, -0.15) is 0 Å². The summed E-state index contributed by atoms with van der Waals surface area (Å²) in [6.45, 7) is 8.08. The molecule has 0 amide bonds. The van der Waals surface area contributed by atoms with Crippen molar-refractivity contribution in [2.75, 3.05) is 0 Å². The molecular weight excluding hydrogens is 148 g/mol. The van der Waals surface area contributed by atoms with Crippen molar-refractivity contribution in [3.8, 4) is 0 Å². The fourth-order valence-corrected chi connectivity index (χ4v) is 1.07. The quantitative estimate of drug-likeness (QED) is 0.640. The highest BCUT2D eigenvalue weighted by atomic mass is 16.3. The molecule has 0 saturated carbocycles. The monoisotopic (exact) mass is 168 g/mol. The molecule has 0 aliphatic heterocycles. The van der Waals surface area contributed by atoms with Crippen LogP contribution in [0.4, 0.5) is 0 Å². The summed E-state index contributed by atoms with van der Waals surface area (Å²) >= 11 is 0. The predicted molar refractivity (Wildman–Crippen MR) is 54.0 cm³/mol. The van der Waals surface area contributed by atoms with Crippen molar-refractivity contribution in [2.45, 2.75) is 33.8 Å². The van der Waals surface area contributed by atoms with Gasteiger partial charge in [-0.3, -0.25) is 0 Å². The van der Waals surface area contributed by atoms with E-state index in [-0.39, 0.29) is 12.0 Å². The molecule has 70 valence electrons. The predicted octanol–water partition coefficient (Wildman–Crippen LogP) is 2.77. The Morgan fingerprint density at radius 1 is 1.08 bits per heavy atom. The molecule has 12 heavy (non-hydrogen) atoms. The Labute approximate surface area is 75.8 Å². The normalized spacial score (nSPS) is 17.8. The fourth-order valence-electron chi connectivity index (χ4n) is 1.07. The molecule has 0 radical (unpaired) electrons. The molecule has 0 aliphatic rings. The Morgan fingerprint density at radius 2 is 1.67 bits per heavy atom. The van der Waals surface area contributed by atoms with E-state index in [4.69, 9.17) is 0 Å². The molecule has 2 atom stereocenters. The van der Waals surface area contributed by atoms with E-state index in [1.165, 1.54) is 0 Å². The zero-order valence-electron chi connectivity index (χ0n) is 8.49. The van der Waals surface area contributed by atoms with Gasteiger partial charge in [-0.25, -0.2) is 0 Å². The second kappa shape index (κ2) is 6.01. The first-order chi connectivity index (χ1) is 5.59. The van der Waals surface area contributed by atoms with Gasteiger partial charge in [0.05, 0.1) is 6.10 Å². The van der Waals surface area contributed by atoms with E-state index < -0.39 is 0 Å². The Balaban J connectivity index is 3.93. The maximum Gasteiger partial charge on any atom is 0.0623 e. The van der Waals surface area contributed by atoms with Crippen LogP contribution in [0.3, 0.4) is 0 Å². The third-order valence-corrected chi connectivity index (χ3v) is 1.94. The van der Waals surface area contributed by atoms with Crippen molar-refractivity contribution in [3.05, 3.63) is 24.3 Å². The lowest BCUT2D eigenvalue weighted by Gasteiger charge is -2.18. The number of rotatable bonds is 4. The maximum atomic E-state index is 9.62. The van der Waals surface area contributed by atoms with Gasteiger partial charge in [0.15, 0.2) is 0 Å². The minimum Gasteiger partial charge on any atom is -0.392 e. The lowest BCUT2D eigenvalue weighted by molar-refractivity contribution is 0.0911. The van der Waals surface area contributed by atoms with Crippen molar-refractivity contribution in [3.63, 3.8) is 0 Å². The van der Waals surface area contributed by atoms with E-state index in [9.17, 15) is 5.11 Å². The maximum absolute atomic E-state index is 9.62. The van der Waals surface area contributed by atoms with Gasteiger partial charge in [0, 0.05) is 5.92 Å². The molecule has 0 aromatic heterocycles. The highest BCUT2D eigenvalue weighted by Crippen LogP contribution is 2.13. The van der Waals surface area contributed by atoms with Gasteiger partial charge >= 0.3 is 0 Å². The van der Waals surface area contributed by atoms with Crippen LogP contribution in [0.2, 0.25) is 0 Å². The van der Waals surface area contributed by atoms with Crippen molar-refractivity contribution < 1.29 is 5.11 Å². The van der Waals surface area contributed by atoms with Crippen LogP contribution < -0.4 is 0 Å². The zero-order chi connectivity index (χ0) is 9.56. The average molecular weight is 168 g/mol. The van der Waals surface area contributed by atoms with Crippen molar-refractivity contribution in [2.24, 2.45) is 11.8 Å². The third kappa shape index (κ3) is 4.35. The molecule has 0 spiro atoms. The SMILES string of the molecule is C/C=C\C=C\[C@@H](C)[C@@H](O)C(C)C. The number of aliphatic hydroxyl groups is 1. The molecule has 0 unspecified atom stereocenters. The molecule has 0 fully saturated rings. The van der Waals surface area contributed by atoms with Crippen LogP contribution in [-0.4, -0.2) is 11.2 Å². The van der Waals surface area contributed by atoms with Gasteiger partial charge in [-0.1, -0.05) is 45.1 Å². The largest absolute Gasteiger partial charge is 0.392 e. The van der Waals surface area contributed by atoms with E-state index in [1.54, 1.807) is 0 Å². The van der Waals surface area contributed by atoms with Gasteiger partial charge in [-0.05, 0) is 12.8 Å². The van der Waals surface area contributed by atoms with E-state index in [0.29, 0.717) is 5.92 Å². The molecule has 0 aromatic rings. The molecule has 0 aromatic carbocycles. The summed E-state index contributed by atoms with van der Waals surface area (Å²) in [6.07, 6.45) is 7.74. The van der Waals surface area contributed by atoms with E-state index in [2.05, 4.69) is 0 Å². The molecule has 0 saturated heterocycles. The van der Waals surface area contributed by atoms with Crippen molar-refractivity contribution in [1.29, 1.82) is 0 Å². The van der Waals surface area contributed by atoms with Crippen LogP contribution in [0.1, 0.15) is 27.7 Å². The summed E-state index contributed by atoms with van der Waals surface area (Å²) in [5.41, 5.74) is 0. The smallest absolute Gasteiger partial charge is 0.0623 e. The first-order valence-electron chi connectivity index (χ1n) is 4.57. The molecule has 1 N–H and O–H groups in total. The molecule has 1 nitrogen and oxygen atoms in total. The first-order valence-corrected chi connectivity index (χ1v) is 4.57. The van der Waals surface area contributed by atoms with Crippen LogP contribution in [0.15, 0.2) is 24.3 Å². The third-order valence-electron chi connectivity index (χ3n) is 1.94. The van der Waals surface area contributed by atoms with Crippen LogP contribution >= 0.6 is 0 Å². The van der Waals surface area contributed by atoms with Gasteiger partial charge < -0.3 is 5.11 Å². The topological polar surface area (TPSA) is 20.2 Å². The lowest BCUT2D eigenvalue weighted by Crippen LogP contribution is -2.21. The summed E-state index contributed by atoms with van der Waals surface area (Å²) in [5.74, 6) is 0.566. The van der Waals surface area contributed by atoms with Crippen molar-refractivity contribution in [1.82, 2.24) is 0 Å². The van der Waals surface area contributed by atoms with Gasteiger partial charge in [0.2, 0.25) is 0 Å². The van der Waals surface area contributed by atoms with Gasteiger partial charge in [0.25, 0.3) is 0 Å².